The highest BCUT2D eigenvalue weighted by Gasteiger charge is 2.36. The standard InChI is InChI=1S/C18H29NO/c1-4-11-19-17(18(20-5-2)16-9-10-16)13-15-8-6-7-14(3)12-15/h6-8,12,16-19H,4-5,9-11,13H2,1-3H3. The van der Waals surface area contributed by atoms with Crippen LogP contribution in [0.2, 0.25) is 0 Å². The molecule has 2 heteroatoms. The number of hydrogen-bond acceptors (Lipinski definition) is 2. The SMILES string of the molecule is CCCNC(Cc1cccc(C)c1)C(OCC)C1CC1. The van der Waals surface area contributed by atoms with Gasteiger partial charge < -0.3 is 10.1 Å². The van der Waals surface area contributed by atoms with E-state index >= 15 is 0 Å². The van der Waals surface area contributed by atoms with Gasteiger partial charge in [0.05, 0.1) is 6.10 Å². The van der Waals surface area contributed by atoms with Crippen molar-refractivity contribution >= 4 is 0 Å². The van der Waals surface area contributed by atoms with E-state index in [2.05, 4.69) is 50.4 Å². The number of aryl methyl sites for hydroxylation is 1. The van der Waals surface area contributed by atoms with Gasteiger partial charge in [0, 0.05) is 12.6 Å². The van der Waals surface area contributed by atoms with Crippen molar-refractivity contribution in [1.29, 1.82) is 0 Å². The second kappa shape index (κ2) is 7.80. The van der Waals surface area contributed by atoms with Gasteiger partial charge in [-0.3, -0.25) is 0 Å². The van der Waals surface area contributed by atoms with E-state index in [1.807, 2.05) is 0 Å². The van der Waals surface area contributed by atoms with Gasteiger partial charge in [0.2, 0.25) is 0 Å². The van der Waals surface area contributed by atoms with Gasteiger partial charge in [-0.25, -0.2) is 0 Å². The Morgan fingerprint density at radius 3 is 2.70 bits per heavy atom. The molecule has 0 aliphatic heterocycles. The van der Waals surface area contributed by atoms with Gasteiger partial charge in [0.25, 0.3) is 0 Å². The van der Waals surface area contributed by atoms with E-state index in [-0.39, 0.29) is 0 Å². The number of nitrogens with one attached hydrogen (secondary N) is 1. The zero-order chi connectivity index (χ0) is 14.4. The summed E-state index contributed by atoms with van der Waals surface area (Å²) in [4.78, 5) is 0. The molecule has 1 aromatic carbocycles. The maximum Gasteiger partial charge on any atom is 0.0759 e. The summed E-state index contributed by atoms with van der Waals surface area (Å²) in [5.41, 5.74) is 2.76. The first-order chi connectivity index (χ1) is 9.74. The Hall–Kier alpha value is -0.860. The van der Waals surface area contributed by atoms with Crippen LogP contribution in [0.4, 0.5) is 0 Å². The average Bonchev–Trinajstić information content (AvgIpc) is 3.25. The van der Waals surface area contributed by atoms with E-state index in [0.717, 1.165) is 25.5 Å². The second-order valence-electron chi connectivity index (χ2n) is 6.01. The van der Waals surface area contributed by atoms with E-state index in [1.165, 1.54) is 30.4 Å². The molecule has 0 heterocycles. The molecule has 0 radical (unpaired) electrons. The van der Waals surface area contributed by atoms with Crippen LogP contribution < -0.4 is 5.32 Å². The van der Waals surface area contributed by atoms with Crippen molar-refractivity contribution in [2.75, 3.05) is 13.2 Å². The maximum absolute atomic E-state index is 6.07. The molecule has 112 valence electrons. The maximum atomic E-state index is 6.07. The summed E-state index contributed by atoms with van der Waals surface area (Å²) in [6.07, 6.45) is 5.30. The van der Waals surface area contributed by atoms with Crippen LogP contribution in [0.3, 0.4) is 0 Å². The highest BCUT2D eigenvalue weighted by Crippen LogP contribution is 2.36. The molecule has 1 fully saturated rings. The minimum atomic E-state index is 0.382. The van der Waals surface area contributed by atoms with Gasteiger partial charge in [0.15, 0.2) is 0 Å². The topological polar surface area (TPSA) is 21.3 Å². The number of rotatable bonds is 9. The van der Waals surface area contributed by atoms with E-state index in [9.17, 15) is 0 Å². The lowest BCUT2D eigenvalue weighted by molar-refractivity contribution is 0.0192. The Morgan fingerprint density at radius 2 is 2.10 bits per heavy atom. The molecule has 1 aliphatic rings. The third kappa shape index (κ3) is 4.60. The monoisotopic (exact) mass is 275 g/mol. The Labute approximate surface area is 123 Å². The molecule has 1 N–H and O–H groups in total. The lowest BCUT2D eigenvalue weighted by Gasteiger charge is -2.28. The van der Waals surface area contributed by atoms with Crippen LogP contribution in [-0.2, 0) is 11.2 Å². The predicted molar refractivity (Wildman–Crippen MR) is 85.1 cm³/mol. The van der Waals surface area contributed by atoms with Crippen LogP contribution in [-0.4, -0.2) is 25.3 Å². The highest BCUT2D eigenvalue weighted by atomic mass is 16.5. The molecular weight excluding hydrogens is 246 g/mol. The summed E-state index contributed by atoms with van der Waals surface area (Å²) in [7, 11) is 0. The summed E-state index contributed by atoms with van der Waals surface area (Å²) in [5.74, 6) is 0.772. The van der Waals surface area contributed by atoms with E-state index in [4.69, 9.17) is 4.74 Å². The first kappa shape index (κ1) is 15.5. The third-order valence-electron chi connectivity index (χ3n) is 4.04. The molecule has 0 aromatic heterocycles. The average molecular weight is 275 g/mol. The fraction of sp³-hybridized carbons (Fsp3) is 0.667. The Morgan fingerprint density at radius 1 is 1.30 bits per heavy atom. The smallest absolute Gasteiger partial charge is 0.0759 e. The van der Waals surface area contributed by atoms with Gasteiger partial charge >= 0.3 is 0 Å². The summed E-state index contributed by atoms with van der Waals surface area (Å²) >= 11 is 0. The molecule has 1 aromatic rings. The first-order valence-electron chi connectivity index (χ1n) is 8.15. The number of hydrogen-bond donors (Lipinski definition) is 1. The van der Waals surface area contributed by atoms with Crippen molar-refractivity contribution in [3.05, 3.63) is 35.4 Å². The molecule has 2 unspecified atom stereocenters. The fourth-order valence-electron chi connectivity index (χ4n) is 2.93. The Balaban J connectivity index is 2.05. The lowest BCUT2D eigenvalue weighted by Crippen LogP contribution is -2.44. The molecular formula is C18H29NO. The summed E-state index contributed by atoms with van der Waals surface area (Å²) in [6.45, 7) is 8.40. The van der Waals surface area contributed by atoms with E-state index < -0.39 is 0 Å². The molecule has 0 saturated heterocycles. The molecule has 1 aliphatic carbocycles. The lowest BCUT2D eigenvalue weighted by atomic mass is 9.97. The van der Waals surface area contributed by atoms with Crippen LogP contribution in [0.5, 0.6) is 0 Å². The fourth-order valence-corrected chi connectivity index (χ4v) is 2.93. The van der Waals surface area contributed by atoms with Crippen LogP contribution >= 0.6 is 0 Å². The highest BCUT2D eigenvalue weighted by molar-refractivity contribution is 5.23. The van der Waals surface area contributed by atoms with Gasteiger partial charge in [-0.1, -0.05) is 36.8 Å². The third-order valence-corrected chi connectivity index (χ3v) is 4.04. The van der Waals surface area contributed by atoms with Gasteiger partial charge in [-0.15, -0.1) is 0 Å². The van der Waals surface area contributed by atoms with Gasteiger partial charge in [-0.05, 0) is 57.6 Å². The van der Waals surface area contributed by atoms with Crippen LogP contribution in [0, 0.1) is 12.8 Å². The van der Waals surface area contributed by atoms with Crippen LogP contribution in [0.1, 0.15) is 44.2 Å². The van der Waals surface area contributed by atoms with Crippen molar-refractivity contribution in [2.24, 2.45) is 5.92 Å². The summed E-state index contributed by atoms with van der Waals surface area (Å²) in [5, 5.41) is 3.72. The minimum Gasteiger partial charge on any atom is -0.377 e. The summed E-state index contributed by atoms with van der Waals surface area (Å²) < 4.78 is 6.07. The van der Waals surface area contributed by atoms with Crippen LogP contribution in [0.25, 0.3) is 0 Å². The van der Waals surface area contributed by atoms with Crippen molar-refractivity contribution in [1.82, 2.24) is 5.32 Å². The van der Waals surface area contributed by atoms with Gasteiger partial charge in [-0.2, -0.15) is 0 Å². The predicted octanol–water partition coefficient (Wildman–Crippen LogP) is 3.72. The Kier molecular flexibility index (Phi) is 6.06. The zero-order valence-electron chi connectivity index (χ0n) is 13.2. The normalized spacial score (nSPS) is 17.9. The molecule has 20 heavy (non-hydrogen) atoms. The first-order valence-corrected chi connectivity index (χ1v) is 8.15. The minimum absolute atomic E-state index is 0.382. The Bertz CT molecular complexity index is 400. The van der Waals surface area contributed by atoms with Gasteiger partial charge in [0.1, 0.15) is 0 Å². The quantitative estimate of drug-likeness (QED) is 0.741. The molecule has 1 saturated carbocycles. The van der Waals surface area contributed by atoms with Crippen molar-refractivity contribution < 1.29 is 4.74 Å². The second-order valence-corrected chi connectivity index (χ2v) is 6.01. The number of benzene rings is 1. The largest absolute Gasteiger partial charge is 0.377 e. The molecule has 0 spiro atoms. The van der Waals surface area contributed by atoms with E-state index in [1.54, 1.807) is 0 Å². The van der Waals surface area contributed by atoms with Crippen molar-refractivity contribution in [2.45, 2.75) is 58.6 Å². The van der Waals surface area contributed by atoms with Crippen LogP contribution in [0.15, 0.2) is 24.3 Å². The molecule has 2 rings (SSSR count). The molecule has 2 nitrogen and oxygen atoms in total. The molecule has 2 atom stereocenters. The molecule has 0 bridgehead atoms. The van der Waals surface area contributed by atoms with Crippen molar-refractivity contribution in [3.8, 4) is 0 Å². The zero-order valence-corrected chi connectivity index (χ0v) is 13.2. The molecule has 0 amide bonds. The van der Waals surface area contributed by atoms with E-state index in [0.29, 0.717) is 12.1 Å². The number of ether oxygens (including phenoxy) is 1. The summed E-state index contributed by atoms with van der Waals surface area (Å²) in [6, 6.07) is 9.32. The van der Waals surface area contributed by atoms with Crippen molar-refractivity contribution in [3.63, 3.8) is 0 Å².